The van der Waals surface area contributed by atoms with E-state index in [4.69, 9.17) is 0 Å². The molecule has 0 aliphatic carbocycles. The normalized spacial score (nSPS) is 11.9. The van der Waals surface area contributed by atoms with Gasteiger partial charge in [0.15, 0.2) is 0 Å². The van der Waals surface area contributed by atoms with E-state index in [9.17, 15) is 4.79 Å². The van der Waals surface area contributed by atoms with Crippen LogP contribution in [0.2, 0.25) is 0 Å². The fourth-order valence-corrected chi connectivity index (χ4v) is 2.08. The average Bonchev–Trinajstić information content (AvgIpc) is 2.40. The minimum Gasteiger partial charge on any atom is -0.346 e. The molecule has 1 N–H and O–H groups in total. The Morgan fingerprint density at radius 2 is 1.63 bits per heavy atom. The Labute approximate surface area is 122 Å². The molecule has 19 heavy (non-hydrogen) atoms. The van der Waals surface area contributed by atoms with Crippen molar-refractivity contribution in [1.29, 1.82) is 0 Å². The van der Waals surface area contributed by atoms with Gasteiger partial charge < -0.3 is 5.32 Å². The van der Waals surface area contributed by atoms with Crippen LogP contribution in [0.5, 0.6) is 0 Å². The van der Waals surface area contributed by atoms with Gasteiger partial charge >= 0.3 is 0 Å². The van der Waals surface area contributed by atoms with E-state index in [-0.39, 0.29) is 11.9 Å². The quantitative estimate of drug-likeness (QED) is 0.901. The zero-order valence-corrected chi connectivity index (χ0v) is 12.6. The van der Waals surface area contributed by atoms with Gasteiger partial charge in [-0.1, -0.05) is 45.8 Å². The number of hydrogen-bond donors (Lipinski definition) is 1. The Morgan fingerprint density at radius 1 is 1.05 bits per heavy atom. The zero-order valence-electron chi connectivity index (χ0n) is 11.0. The van der Waals surface area contributed by atoms with Gasteiger partial charge in [0.05, 0.1) is 6.04 Å². The standard InChI is InChI=1S/C16H16BrNO/c1-11-3-5-13(6-4-11)12(2)18-16(19)14-7-9-15(17)10-8-14/h3-10,12H,1-2H3,(H,18,19)/t12-/m1/s1. The number of hydrogen-bond acceptors (Lipinski definition) is 1. The number of aryl methyl sites for hydroxylation is 1. The molecule has 0 radical (unpaired) electrons. The molecule has 0 spiro atoms. The molecule has 0 saturated heterocycles. The van der Waals surface area contributed by atoms with Crippen molar-refractivity contribution in [3.05, 3.63) is 69.7 Å². The highest BCUT2D eigenvalue weighted by Gasteiger charge is 2.10. The Balaban J connectivity index is 2.06. The van der Waals surface area contributed by atoms with Crippen LogP contribution in [0.1, 0.15) is 34.5 Å². The van der Waals surface area contributed by atoms with Gasteiger partial charge in [-0.2, -0.15) is 0 Å². The van der Waals surface area contributed by atoms with Crippen molar-refractivity contribution in [3.63, 3.8) is 0 Å². The lowest BCUT2D eigenvalue weighted by Gasteiger charge is -2.14. The molecule has 0 heterocycles. The predicted molar refractivity (Wildman–Crippen MR) is 81.2 cm³/mol. The molecule has 3 heteroatoms. The fourth-order valence-electron chi connectivity index (χ4n) is 1.82. The molecule has 1 amide bonds. The maximum atomic E-state index is 12.1. The Morgan fingerprint density at radius 3 is 2.21 bits per heavy atom. The maximum absolute atomic E-state index is 12.1. The Bertz CT molecular complexity index is 560. The van der Waals surface area contributed by atoms with Crippen molar-refractivity contribution in [3.8, 4) is 0 Å². The van der Waals surface area contributed by atoms with Crippen LogP contribution < -0.4 is 5.32 Å². The number of rotatable bonds is 3. The molecule has 2 rings (SSSR count). The molecule has 0 aromatic heterocycles. The first kappa shape index (κ1) is 13.8. The second-order valence-corrected chi connectivity index (χ2v) is 5.53. The van der Waals surface area contributed by atoms with Crippen LogP contribution in [0.25, 0.3) is 0 Å². The third-order valence-corrected chi connectivity index (χ3v) is 3.56. The zero-order chi connectivity index (χ0) is 13.8. The van der Waals surface area contributed by atoms with Crippen molar-refractivity contribution in [2.45, 2.75) is 19.9 Å². The number of carbonyl (C=O) groups is 1. The maximum Gasteiger partial charge on any atom is 0.251 e. The summed E-state index contributed by atoms with van der Waals surface area (Å²) in [5.41, 5.74) is 2.99. The van der Waals surface area contributed by atoms with Crippen LogP contribution in [0.3, 0.4) is 0 Å². The first-order chi connectivity index (χ1) is 9.06. The van der Waals surface area contributed by atoms with E-state index in [2.05, 4.69) is 40.3 Å². The highest BCUT2D eigenvalue weighted by molar-refractivity contribution is 9.10. The summed E-state index contributed by atoms with van der Waals surface area (Å²) in [5, 5.41) is 3.00. The number of carbonyl (C=O) groups excluding carboxylic acids is 1. The van der Waals surface area contributed by atoms with Gasteiger partial charge in [-0.05, 0) is 43.7 Å². The van der Waals surface area contributed by atoms with Gasteiger partial charge in [0.2, 0.25) is 0 Å². The van der Waals surface area contributed by atoms with Crippen molar-refractivity contribution >= 4 is 21.8 Å². The first-order valence-corrected chi connectivity index (χ1v) is 6.98. The molecule has 0 aliphatic heterocycles. The van der Waals surface area contributed by atoms with Gasteiger partial charge in [0, 0.05) is 10.0 Å². The minimum absolute atomic E-state index is 0.00301. The monoisotopic (exact) mass is 317 g/mol. The van der Waals surface area contributed by atoms with Gasteiger partial charge in [-0.25, -0.2) is 0 Å². The van der Waals surface area contributed by atoms with Crippen molar-refractivity contribution < 1.29 is 4.79 Å². The van der Waals surface area contributed by atoms with E-state index in [1.165, 1.54) is 5.56 Å². The molecular formula is C16H16BrNO. The van der Waals surface area contributed by atoms with E-state index in [0.29, 0.717) is 5.56 Å². The fraction of sp³-hybridized carbons (Fsp3) is 0.188. The molecule has 0 saturated carbocycles. The highest BCUT2D eigenvalue weighted by atomic mass is 79.9. The SMILES string of the molecule is Cc1ccc([C@@H](C)NC(=O)c2ccc(Br)cc2)cc1. The molecule has 0 aliphatic rings. The van der Waals surface area contributed by atoms with Crippen LogP contribution in [0.4, 0.5) is 0 Å². The average molecular weight is 318 g/mol. The summed E-state index contributed by atoms with van der Waals surface area (Å²) in [4.78, 5) is 12.1. The van der Waals surface area contributed by atoms with E-state index >= 15 is 0 Å². The number of benzene rings is 2. The van der Waals surface area contributed by atoms with E-state index < -0.39 is 0 Å². The molecule has 1 atom stereocenters. The third kappa shape index (κ3) is 3.67. The molecule has 0 bridgehead atoms. The van der Waals surface area contributed by atoms with Gasteiger partial charge in [-0.15, -0.1) is 0 Å². The molecule has 98 valence electrons. The van der Waals surface area contributed by atoms with E-state index in [1.54, 1.807) is 12.1 Å². The van der Waals surface area contributed by atoms with Crippen LogP contribution in [-0.4, -0.2) is 5.91 Å². The Kier molecular flexibility index (Phi) is 4.38. The molecule has 0 fully saturated rings. The molecule has 2 nitrogen and oxygen atoms in total. The Hall–Kier alpha value is -1.61. The third-order valence-electron chi connectivity index (χ3n) is 3.03. The van der Waals surface area contributed by atoms with Gasteiger partial charge in [0.25, 0.3) is 5.91 Å². The molecule has 2 aromatic carbocycles. The molecule has 0 unspecified atom stereocenters. The second kappa shape index (κ2) is 6.02. The van der Waals surface area contributed by atoms with Crippen LogP contribution in [0.15, 0.2) is 53.0 Å². The molecule has 2 aromatic rings. The van der Waals surface area contributed by atoms with Crippen molar-refractivity contribution in [1.82, 2.24) is 5.32 Å². The lowest BCUT2D eigenvalue weighted by molar-refractivity contribution is 0.0940. The predicted octanol–water partition coefficient (Wildman–Crippen LogP) is 4.25. The van der Waals surface area contributed by atoms with Crippen LogP contribution >= 0.6 is 15.9 Å². The van der Waals surface area contributed by atoms with Gasteiger partial charge in [0.1, 0.15) is 0 Å². The lowest BCUT2D eigenvalue weighted by Crippen LogP contribution is -2.26. The van der Waals surface area contributed by atoms with E-state index in [1.807, 2.05) is 31.2 Å². The molecular weight excluding hydrogens is 302 g/mol. The summed E-state index contributed by atoms with van der Waals surface area (Å²) < 4.78 is 0.968. The summed E-state index contributed by atoms with van der Waals surface area (Å²) in [5.74, 6) is -0.0550. The van der Waals surface area contributed by atoms with Crippen LogP contribution in [0, 0.1) is 6.92 Å². The highest BCUT2D eigenvalue weighted by Crippen LogP contribution is 2.15. The summed E-state index contributed by atoms with van der Waals surface area (Å²) in [7, 11) is 0. The number of halogens is 1. The van der Waals surface area contributed by atoms with Crippen LogP contribution in [-0.2, 0) is 0 Å². The summed E-state index contributed by atoms with van der Waals surface area (Å²) in [6, 6.07) is 15.5. The number of amides is 1. The lowest BCUT2D eigenvalue weighted by atomic mass is 10.1. The second-order valence-electron chi connectivity index (χ2n) is 4.61. The largest absolute Gasteiger partial charge is 0.346 e. The smallest absolute Gasteiger partial charge is 0.251 e. The summed E-state index contributed by atoms with van der Waals surface area (Å²) >= 11 is 3.36. The first-order valence-electron chi connectivity index (χ1n) is 6.19. The van der Waals surface area contributed by atoms with Crippen molar-refractivity contribution in [2.24, 2.45) is 0 Å². The van der Waals surface area contributed by atoms with Crippen molar-refractivity contribution in [2.75, 3.05) is 0 Å². The van der Waals surface area contributed by atoms with Gasteiger partial charge in [-0.3, -0.25) is 4.79 Å². The summed E-state index contributed by atoms with van der Waals surface area (Å²) in [6.07, 6.45) is 0. The minimum atomic E-state index is -0.0550. The topological polar surface area (TPSA) is 29.1 Å². The number of nitrogens with one attached hydrogen (secondary N) is 1. The summed E-state index contributed by atoms with van der Waals surface area (Å²) in [6.45, 7) is 4.04. The van der Waals surface area contributed by atoms with E-state index in [0.717, 1.165) is 10.0 Å².